The molecule has 186 valence electrons. The molecule has 3 aromatic rings. The fourth-order valence-electron chi connectivity index (χ4n) is 5.50. The lowest BCUT2D eigenvalue weighted by Gasteiger charge is -2.31. The van der Waals surface area contributed by atoms with E-state index in [9.17, 15) is 24.3 Å². The third-order valence-electron chi connectivity index (χ3n) is 7.11. The average Bonchev–Trinajstić information content (AvgIpc) is 3.51. The van der Waals surface area contributed by atoms with Crippen LogP contribution in [0.4, 0.5) is 4.79 Å². The van der Waals surface area contributed by atoms with Gasteiger partial charge in [-0.3, -0.25) is 24.6 Å². The van der Waals surface area contributed by atoms with Crippen LogP contribution in [0.2, 0.25) is 0 Å². The molecule has 5 N–H and O–H groups in total. The second kappa shape index (κ2) is 9.12. The number of carbonyl (C=O) groups excluding carboxylic acids is 3. The van der Waals surface area contributed by atoms with Crippen molar-refractivity contribution in [2.24, 2.45) is 17.6 Å². The van der Waals surface area contributed by atoms with E-state index >= 15 is 0 Å². The van der Waals surface area contributed by atoms with Crippen molar-refractivity contribution in [2.75, 3.05) is 6.54 Å². The van der Waals surface area contributed by atoms with Gasteiger partial charge in [-0.25, -0.2) is 4.79 Å². The number of carboxylic acid groups (broad SMARTS) is 1. The molecule has 10 nitrogen and oxygen atoms in total. The number of urea groups is 1. The van der Waals surface area contributed by atoms with Crippen LogP contribution in [-0.4, -0.2) is 45.9 Å². The number of nitrogens with zero attached hydrogens (tertiary/aromatic N) is 1. The van der Waals surface area contributed by atoms with Crippen molar-refractivity contribution in [3.8, 4) is 0 Å². The Balaban J connectivity index is 1.54. The molecule has 4 atom stereocenters. The molecular formula is C26H26N4O6. The van der Waals surface area contributed by atoms with E-state index in [0.29, 0.717) is 11.3 Å². The van der Waals surface area contributed by atoms with Gasteiger partial charge in [0.15, 0.2) is 0 Å². The highest BCUT2D eigenvalue weighted by Crippen LogP contribution is 2.51. The number of hydrogen-bond acceptors (Lipinski definition) is 6. The molecule has 36 heavy (non-hydrogen) atoms. The largest absolute Gasteiger partial charge is 0.480 e. The van der Waals surface area contributed by atoms with Gasteiger partial charge >= 0.3 is 12.0 Å². The number of nitrogens with two attached hydrogens (primary N) is 1. The summed E-state index contributed by atoms with van der Waals surface area (Å²) in [4.78, 5) is 52.4. The van der Waals surface area contributed by atoms with E-state index < -0.39 is 47.2 Å². The summed E-state index contributed by atoms with van der Waals surface area (Å²) in [5.41, 5.74) is 4.76. The van der Waals surface area contributed by atoms with E-state index in [1.807, 2.05) is 48.5 Å². The van der Waals surface area contributed by atoms with Gasteiger partial charge in [0.1, 0.15) is 16.9 Å². The summed E-state index contributed by atoms with van der Waals surface area (Å²) in [5, 5.41) is 16.8. The minimum absolute atomic E-state index is 0.00128. The highest BCUT2D eigenvalue weighted by Gasteiger charge is 2.68. The second-order valence-electron chi connectivity index (χ2n) is 9.23. The number of rotatable bonds is 8. The van der Waals surface area contributed by atoms with E-state index in [2.05, 4.69) is 10.6 Å². The van der Waals surface area contributed by atoms with Crippen molar-refractivity contribution in [1.82, 2.24) is 15.5 Å². The van der Waals surface area contributed by atoms with Crippen molar-refractivity contribution in [3.63, 3.8) is 0 Å². The Labute approximate surface area is 206 Å². The number of nitrogens with one attached hydrogen (secondary N) is 2. The minimum Gasteiger partial charge on any atom is -0.480 e. The van der Waals surface area contributed by atoms with E-state index in [0.717, 1.165) is 15.8 Å². The van der Waals surface area contributed by atoms with Gasteiger partial charge in [0.25, 0.3) is 0 Å². The van der Waals surface area contributed by atoms with Crippen molar-refractivity contribution in [2.45, 2.75) is 31.0 Å². The highest BCUT2D eigenvalue weighted by molar-refractivity contribution is 6.09. The molecule has 2 saturated heterocycles. The van der Waals surface area contributed by atoms with Crippen LogP contribution in [0.25, 0.3) is 11.0 Å². The number of carboxylic acids is 1. The fraction of sp³-hybridized carbons (Fsp3) is 0.308. The first-order valence-electron chi connectivity index (χ1n) is 11.7. The lowest BCUT2D eigenvalue weighted by atomic mass is 9.77. The molecule has 5 rings (SSSR count). The number of carbonyl (C=O) groups is 4. The molecule has 0 spiro atoms. The molecule has 0 saturated carbocycles. The maximum atomic E-state index is 13.7. The molecule has 10 heteroatoms. The molecule has 0 aliphatic carbocycles. The first-order chi connectivity index (χ1) is 17.3. The van der Waals surface area contributed by atoms with Crippen molar-refractivity contribution < 1.29 is 28.7 Å². The van der Waals surface area contributed by atoms with Crippen LogP contribution in [0, 0.1) is 11.8 Å². The Morgan fingerprint density at radius 2 is 1.81 bits per heavy atom. The number of amides is 4. The molecule has 0 bridgehead atoms. The normalized spacial score (nSPS) is 25.3. The molecule has 3 heterocycles. The maximum Gasteiger partial charge on any atom is 0.324 e. The topological polar surface area (TPSA) is 155 Å². The summed E-state index contributed by atoms with van der Waals surface area (Å²) in [6.45, 7) is 0.186. The molecule has 2 aromatic carbocycles. The quantitative estimate of drug-likeness (QED) is 0.279. The van der Waals surface area contributed by atoms with Crippen LogP contribution in [0.5, 0.6) is 0 Å². The average molecular weight is 491 g/mol. The monoisotopic (exact) mass is 490 g/mol. The Bertz CT molecular complexity index is 1310. The third-order valence-corrected chi connectivity index (χ3v) is 7.11. The van der Waals surface area contributed by atoms with Gasteiger partial charge in [-0.05, 0) is 30.5 Å². The number of hydrogen-bond donors (Lipinski definition) is 4. The van der Waals surface area contributed by atoms with Gasteiger partial charge in [-0.2, -0.15) is 0 Å². The summed E-state index contributed by atoms with van der Waals surface area (Å²) in [5.74, 6) is -3.92. The summed E-state index contributed by atoms with van der Waals surface area (Å²) in [7, 11) is 0. The predicted molar refractivity (Wildman–Crippen MR) is 128 cm³/mol. The van der Waals surface area contributed by atoms with Crippen LogP contribution in [-0.2, 0) is 20.9 Å². The van der Waals surface area contributed by atoms with Crippen LogP contribution in [0.15, 0.2) is 65.1 Å². The fourth-order valence-corrected chi connectivity index (χ4v) is 5.50. The van der Waals surface area contributed by atoms with Gasteiger partial charge in [-0.1, -0.05) is 48.5 Å². The number of likely N-dealkylation sites (tertiary alicyclic amines) is 1. The third kappa shape index (κ3) is 3.89. The maximum absolute atomic E-state index is 13.7. The van der Waals surface area contributed by atoms with Crippen LogP contribution < -0.4 is 16.4 Å². The molecule has 4 amide bonds. The zero-order valence-electron chi connectivity index (χ0n) is 19.3. The molecule has 2 fully saturated rings. The van der Waals surface area contributed by atoms with Crippen LogP contribution >= 0.6 is 0 Å². The van der Waals surface area contributed by atoms with Gasteiger partial charge in [0, 0.05) is 11.9 Å². The molecule has 4 unspecified atom stereocenters. The van der Waals surface area contributed by atoms with E-state index in [4.69, 9.17) is 10.2 Å². The zero-order chi connectivity index (χ0) is 25.4. The van der Waals surface area contributed by atoms with Crippen molar-refractivity contribution in [3.05, 3.63) is 72.0 Å². The Morgan fingerprint density at radius 3 is 2.50 bits per heavy atom. The Kier molecular flexibility index (Phi) is 5.97. The summed E-state index contributed by atoms with van der Waals surface area (Å²) >= 11 is 0. The lowest BCUT2D eigenvalue weighted by molar-refractivity contribution is -0.152. The first-order valence-corrected chi connectivity index (χ1v) is 11.7. The van der Waals surface area contributed by atoms with E-state index in [1.54, 1.807) is 12.1 Å². The van der Waals surface area contributed by atoms with Crippen molar-refractivity contribution >= 4 is 34.8 Å². The molecule has 0 radical (unpaired) electrons. The number of furan rings is 1. The van der Waals surface area contributed by atoms with Crippen LogP contribution in [0.3, 0.4) is 0 Å². The van der Waals surface area contributed by atoms with Gasteiger partial charge < -0.3 is 20.6 Å². The first kappa shape index (κ1) is 23.6. The summed E-state index contributed by atoms with van der Waals surface area (Å²) in [6.07, 6.45) is 0.233. The SMILES string of the molecule is NC(=O)NCCCC1(C(=O)O)NC(c2cc3ccccc3o2)C2C(=O)N(Cc3ccccc3)C(=O)C21. The van der Waals surface area contributed by atoms with Gasteiger partial charge in [0.05, 0.1) is 24.4 Å². The summed E-state index contributed by atoms with van der Waals surface area (Å²) < 4.78 is 6.02. The summed E-state index contributed by atoms with van der Waals surface area (Å²) in [6, 6.07) is 16.6. The molecule has 2 aliphatic rings. The van der Waals surface area contributed by atoms with Crippen molar-refractivity contribution in [1.29, 1.82) is 0 Å². The Hall–Kier alpha value is -4.18. The number of imide groups is 1. The predicted octanol–water partition coefficient (Wildman–Crippen LogP) is 2.15. The van der Waals surface area contributed by atoms with E-state index in [-0.39, 0.29) is 25.9 Å². The minimum atomic E-state index is -1.73. The zero-order valence-corrected chi connectivity index (χ0v) is 19.3. The number of para-hydroxylation sites is 1. The smallest absolute Gasteiger partial charge is 0.324 e. The lowest BCUT2D eigenvalue weighted by Crippen LogP contribution is -2.56. The molecular weight excluding hydrogens is 464 g/mol. The number of benzene rings is 2. The van der Waals surface area contributed by atoms with Gasteiger partial charge in [0.2, 0.25) is 11.8 Å². The second-order valence-corrected chi connectivity index (χ2v) is 9.23. The van der Waals surface area contributed by atoms with E-state index in [1.165, 1.54) is 0 Å². The standard InChI is InChI=1S/C26H26N4O6/c27-25(35)28-12-6-11-26(24(33)34)20-19(21(29-26)18-13-16-9-4-5-10-17(16)36-18)22(31)30(23(20)32)14-15-7-2-1-3-8-15/h1-5,7-10,13,19-21,29H,6,11-12,14H2,(H,33,34)(H3,27,28,35). The Morgan fingerprint density at radius 1 is 1.08 bits per heavy atom. The molecule has 1 aromatic heterocycles. The number of primary amides is 1. The highest BCUT2D eigenvalue weighted by atomic mass is 16.4. The van der Waals surface area contributed by atoms with Gasteiger partial charge in [-0.15, -0.1) is 0 Å². The van der Waals surface area contributed by atoms with Crippen LogP contribution in [0.1, 0.15) is 30.2 Å². The number of aliphatic carboxylic acids is 1. The molecule has 2 aliphatic heterocycles. The number of fused-ring (bicyclic) bond motifs is 2.